The SMILES string of the molecule is COCCn1c(CO)nnc1-c1ccc([N+](=O)[O-])cc1. The smallest absolute Gasteiger partial charge is 0.269 e. The minimum absolute atomic E-state index is 0.0130. The van der Waals surface area contributed by atoms with Gasteiger partial charge in [0.05, 0.1) is 11.5 Å². The molecular formula is C12H14N4O4. The minimum Gasteiger partial charge on any atom is -0.388 e. The highest BCUT2D eigenvalue weighted by Crippen LogP contribution is 2.21. The molecule has 0 aliphatic carbocycles. The summed E-state index contributed by atoms with van der Waals surface area (Å²) in [6.45, 7) is 0.709. The van der Waals surface area contributed by atoms with Crippen molar-refractivity contribution in [3.63, 3.8) is 0 Å². The fraction of sp³-hybridized carbons (Fsp3) is 0.333. The number of benzene rings is 1. The van der Waals surface area contributed by atoms with E-state index in [1.165, 1.54) is 12.1 Å². The lowest BCUT2D eigenvalue weighted by Crippen LogP contribution is -2.10. The van der Waals surface area contributed by atoms with Crippen molar-refractivity contribution in [3.8, 4) is 11.4 Å². The van der Waals surface area contributed by atoms with Gasteiger partial charge in [-0.15, -0.1) is 10.2 Å². The fourth-order valence-corrected chi connectivity index (χ4v) is 1.82. The van der Waals surface area contributed by atoms with E-state index in [2.05, 4.69) is 10.2 Å². The van der Waals surface area contributed by atoms with Crippen LogP contribution in [0.3, 0.4) is 0 Å². The second-order valence-electron chi connectivity index (χ2n) is 4.05. The largest absolute Gasteiger partial charge is 0.388 e. The Kier molecular flexibility index (Phi) is 4.38. The Bertz CT molecular complexity index is 594. The van der Waals surface area contributed by atoms with E-state index >= 15 is 0 Å². The Balaban J connectivity index is 2.36. The van der Waals surface area contributed by atoms with Crippen LogP contribution < -0.4 is 0 Å². The molecule has 1 aromatic carbocycles. The summed E-state index contributed by atoms with van der Waals surface area (Å²) in [6.07, 6.45) is 0. The monoisotopic (exact) mass is 278 g/mol. The summed E-state index contributed by atoms with van der Waals surface area (Å²) >= 11 is 0. The molecule has 2 aromatic rings. The van der Waals surface area contributed by atoms with Gasteiger partial charge in [0.15, 0.2) is 11.6 Å². The lowest BCUT2D eigenvalue weighted by Gasteiger charge is -2.08. The van der Waals surface area contributed by atoms with Crippen LogP contribution in [0.1, 0.15) is 5.82 Å². The van der Waals surface area contributed by atoms with Crippen LogP contribution in [0, 0.1) is 10.1 Å². The van der Waals surface area contributed by atoms with Crippen LogP contribution in [0.4, 0.5) is 5.69 Å². The second kappa shape index (κ2) is 6.22. The highest BCUT2D eigenvalue weighted by Gasteiger charge is 2.14. The number of nitro benzene ring substituents is 1. The molecule has 0 bridgehead atoms. The van der Waals surface area contributed by atoms with E-state index in [1.54, 1.807) is 23.8 Å². The number of aromatic nitrogens is 3. The van der Waals surface area contributed by atoms with E-state index in [0.717, 1.165) is 0 Å². The van der Waals surface area contributed by atoms with Gasteiger partial charge in [-0.1, -0.05) is 0 Å². The van der Waals surface area contributed by atoms with Crippen molar-refractivity contribution in [1.29, 1.82) is 0 Å². The lowest BCUT2D eigenvalue weighted by atomic mass is 10.2. The molecule has 0 aliphatic rings. The number of rotatable bonds is 6. The topological polar surface area (TPSA) is 103 Å². The van der Waals surface area contributed by atoms with Crippen LogP contribution in [0.5, 0.6) is 0 Å². The number of nitro groups is 1. The number of methoxy groups -OCH3 is 1. The molecule has 0 unspecified atom stereocenters. The van der Waals surface area contributed by atoms with Gasteiger partial charge in [0.25, 0.3) is 5.69 Å². The van der Waals surface area contributed by atoms with Gasteiger partial charge in [0.2, 0.25) is 0 Å². The number of non-ortho nitro benzene ring substituents is 1. The van der Waals surface area contributed by atoms with Crippen LogP contribution in [0.2, 0.25) is 0 Å². The molecule has 0 aliphatic heterocycles. The second-order valence-corrected chi connectivity index (χ2v) is 4.05. The summed E-state index contributed by atoms with van der Waals surface area (Å²) in [5.41, 5.74) is 0.706. The van der Waals surface area contributed by atoms with E-state index in [4.69, 9.17) is 4.74 Å². The summed E-state index contributed by atoms with van der Waals surface area (Å²) in [7, 11) is 1.58. The number of ether oxygens (including phenoxy) is 1. The molecule has 1 heterocycles. The molecule has 0 spiro atoms. The first kappa shape index (κ1) is 14.1. The van der Waals surface area contributed by atoms with E-state index in [-0.39, 0.29) is 12.3 Å². The van der Waals surface area contributed by atoms with Crippen molar-refractivity contribution in [2.45, 2.75) is 13.2 Å². The average Bonchev–Trinajstić information content (AvgIpc) is 2.88. The zero-order valence-corrected chi connectivity index (χ0v) is 10.9. The van der Waals surface area contributed by atoms with Crippen molar-refractivity contribution in [2.75, 3.05) is 13.7 Å². The van der Waals surface area contributed by atoms with Crippen LogP contribution in [-0.2, 0) is 17.9 Å². The van der Waals surface area contributed by atoms with E-state index < -0.39 is 4.92 Å². The quantitative estimate of drug-likeness (QED) is 0.624. The third-order valence-corrected chi connectivity index (χ3v) is 2.82. The maximum absolute atomic E-state index is 10.6. The van der Waals surface area contributed by atoms with Gasteiger partial charge in [0, 0.05) is 31.4 Å². The van der Waals surface area contributed by atoms with Crippen molar-refractivity contribution >= 4 is 5.69 Å². The summed E-state index contributed by atoms with van der Waals surface area (Å²) in [5.74, 6) is 0.969. The molecule has 20 heavy (non-hydrogen) atoms. The van der Waals surface area contributed by atoms with Crippen LogP contribution in [0.15, 0.2) is 24.3 Å². The van der Waals surface area contributed by atoms with Gasteiger partial charge >= 0.3 is 0 Å². The van der Waals surface area contributed by atoms with E-state index in [0.29, 0.717) is 30.4 Å². The Morgan fingerprint density at radius 1 is 1.35 bits per heavy atom. The fourth-order valence-electron chi connectivity index (χ4n) is 1.82. The molecule has 0 amide bonds. The molecule has 106 valence electrons. The Morgan fingerprint density at radius 2 is 2.05 bits per heavy atom. The van der Waals surface area contributed by atoms with E-state index in [9.17, 15) is 15.2 Å². The van der Waals surface area contributed by atoms with Crippen molar-refractivity contribution in [2.24, 2.45) is 0 Å². The molecule has 2 rings (SSSR count). The lowest BCUT2D eigenvalue weighted by molar-refractivity contribution is -0.384. The average molecular weight is 278 g/mol. The van der Waals surface area contributed by atoms with Gasteiger partial charge in [-0.3, -0.25) is 10.1 Å². The molecule has 8 nitrogen and oxygen atoms in total. The Labute approximate surface area is 114 Å². The van der Waals surface area contributed by atoms with Gasteiger partial charge in [-0.05, 0) is 12.1 Å². The molecule has 0 saturated heterocycles. The summed E-state index contributed by atoms with van der Waals surface area (Å²) in [5, 5.41) is 27.8. The van der Waals surface area contributed by atoms with Crippen molar-refractivity contribution in [3.05, 3.63) is 40.2 Å². The molecular weight excluding hydrogens is 264 g/mol. The van der Waals surface area contributed by atoms with Crippen molar-refractivity contribution in [1.82, 2.24) is 14.8 Å². The molecule has 0 atom stereocenters. The van der Waals surface area contributed by atoms with Gasteiger partial charge in [-0.25, -0.2) is 0 Å². The minimum atomic E-state index is -0.460. The normalized spacial score (nSPS) is 10.7. The summed E-state index contributed by atoms with van der Waals surface area (Å²) in [4.78, 5) is 10.2. The molecule has 1 aromatic heterocycles. The number of aliphatic hydroxyl groups is 1. The van der Waals surface area contributed by atoms with Crippen LogP contribution in [0.25, 0.3) is 11.4 Å². The highest BCUT2D eigenvalue weighted by atomic mass is 16.6. The highest BCUT2D eigenvalue weighted by molar-refractivity contribution is 5.57. The van der Waals surface area contributed by atoms with Gasteiger partial charge < -0.3 is 14.4 Å². The van der Waals surface area contributed by atoms with Gasteiger partial charge in [0.1, 0.15) is 6.61 Å². The first-order valence-corrected chi connectivity index (χ1v) is 5.94. The molecule has 0 saturated carbocycles. The van der Waals surface area contributed by atoms with Crippen molar-refractivity contribution < 1.29 is 14.8 Å². The standard InChI is InChI=1S/C12H14N4O4/c1-20-7-6-15-11(8-17)13-14-12(15)9-2-4-10(5-3-9)16(18)19/h2-5,17H,6-8H2,1H3. The van der Waals surface area contributed by atoms with Gasteiger partial charge in [-0.2, -0.15) is 0 Å². The molecule has 1 N–H and O–H groups in total. The molecule has 0 radical (unpaired) electrons. The predicted octanol–water partition coefficient (Wildman–Crippen LogP) is 0.992. The summed E-state index contributed by atoms with van der Waals surface area (Å²) < 4.78 is 6.74. The predicted molar refractivity (Wildman–Crippen MR) is 69.9 cm³/mol. The number of hydrogen-bond donors (Lipinski definition) is 1. The first-order valence-electron chi connectivity index (χ1n) is 5.94. The number of aliphatic hydroxyl groups excluding tert-OH is 1. The zero-order chi connectivity index (χ0) is 14.5. The van der Waals surface area contributed by atoms with Crippen LogP contribution >= 0.6 is 0 Å². The third kappa shape index (κ3) is 2.81. The third-order valence-electron chi connectivity index (χ3n) is 2.82. The number of nitrogens with zero attached hydrogens (tertiary/aromatic N) is 4. The maximum atomic E-state index is 10.6. The Hall–Kier alpha value is -2.32. The molecule has 8 heteroatoms. The summed E-state index contributed by atoms with van der Waals surface area (Å²) in [6, 6.07) is 6.02. The van der Waals surface area contributed by atoms with E-state index in [1.807, 2.05) is 0 Å². The first-order chi connectivity index (χ1) is 9.67. The zero-order valence-electron chi connectivity index (χ0n) is 10.9. The maximum Gasteiger partial charge on any atom is 0.269 e. The number of hydrogen-bond acceptors (Lipinski definition) is 6. The van der Waals surface area contributed by atoms with Crippen LogP contribution in [-0.4, -0.2) is 38.5 Å². The molecule has 0 fully saturated rings. The Morgan fingerprint density at radius 3 is 2.60 bits per heavy atom.